The maximum atomic E-state index is 12.7. The fourth-order valence-electron chi connectivity index (χ4n) is 2.97. The number of sulfonamides is 1. The van der Waals surface area contributed by atoms with E-state index in [1.807, 2.05) is 32.0 Å². The smallest absolute Gasteiger partial charge is 0.328 e. The van der Waals surface area contributed by atoms with Crippen molar-refractivity contribution >= 4 is 55.9 Å². The van der Waals surface area contributed by atoms with Crippen LogP contribution in [0.15, 0.2) is 47.4 Å². The minimum absolute atomic E-state index is 0.0309. The van der Waals surface area contributed by atoms with Crippen LogP contribution in [-0.2, 0) is 26.1 Å². The molecule has 1 aromatic heterocycles. The fraction of sp³-hybridized carbons (Fsp3) is 0.286. The maximum Gasteiger partial charge on any atom is 0.328 e. The molecular formula is C21H22Cl2N4O4S. The lowest BCUT2D eigenvalue weighted by Crippen LogP contribution is -2.36. The Labute approximate surface area is 196 Å². The number of methoxy groups -OCH3 is 1. The Balaban J connectivity index is 1.92. The number of nitrogens with zero attached hydrogens (tertiary/aromatic N) is 2. The number of halogens is 2. The summed E-state index contributed by atoms with van der Waals surface area (Å²) in [5.74, 6) is 0.128. The minimum atomic E-state index is -3.89. The number of carbonyl (C=O) groups is 1. The van der Waals surface area contributed by atoms with E-state index in [0.29, 0.717) is 16.7 Å². The standard InChI is InChI=1S/C21H22Cl2N4O4S/c1-12(2)19(21(28)31-3)27-20-14-6-4-5-7-17(14)25-18(26-20)11-24-32(29,30)13-8-9-15(22)16(23)10-13/h4-10,12,19,24H,11H2,1-3H3,(H,25,26,27)/t19-/m0/s1. The number of fused-ring (bicyclic) bond motifs is 1. The van der Waals surface area contributed by atoms with Crippen LogP contribution in [0, 0.1) is 5.92 Å². The Morgan fingerprint density at radius 2 is 1.81 bits per heavy atom. The lowest BCUT2D eigenvalue weighted by molar-refractivity contribution is -0.142. The molecule has 0 amide bonds. The molecule has 32 heavy (non-hydrogen) atoms. The van der Waals surface area contributed by atoms with Crippen molar-refractivity contribution in [3.8, 4) is 0 Å². The van der Waals surface area contributed by atoms with Crippen molar-refractivity contribution in [2.75, 3.05) is 12.4 Å². The number of hydrogen-bond acceptors (Lipinski definition) is 7. The van der Waals surface area contributed by atoms with Gasteiger partial charge in [-0.2, -0.15) is 0 Å². The summed E-state index contributed by atoms with van der Waals surface area (Å²) >= 11 is 11.8. The van der Waals surface area contributed by atoms with Crippen LogP contribution < -0.4 is 10.0 Å². The van der Waals surface area contributed by atoms with E-state index in [1.54, 1.807) is 6.07 Å². The summed E-state index contributed by atoms with van der Waals surface area (Å²) in [6.45, 7) is 3.58. The van der Waals surface area contributed by atoms with E-state index in [-0.39, 0.29) is 33.2 Å². The van der Waals surface area contributed by atoms with Gasteiger partial charge in [0.05, 0.1) is 34.1 Å². The topological polar surface area (TPSA) is 110 Å². The zero-order chi connectivity index (χ0) is 23.5. The highest BCUT2D eigenvalue weighted by molar-refractivity contribution is 7.89. The Morgan fingerprint density at radius 3 is 2.47 bits per heavy atom. The largest absolute Gasteiger partial charge is 0.467 e. The Bertz CT molecular complexity index is 1250. The lowest BCUT2D eigenvalue weighted by Gasteiger charge is -2.21. The van der Waals surface area contributed by atoms with Gasteiger partial charge in [-0.3, -0.25) is 0 Å². The molecule has 0 spiro atoms. The Hall–Kier alpha value is -2.46. The number of anilines is 1. The number of para-hydroxylation sites is 1. The first-order chi connectivity index (χ1) is 15.1. The van der Waals surface area contributed by atoms with Gasteiger partial charge in [0.1, 0.15) is 17.7 Å². The lowest BCUT2D eigenvalue weighted by atomic mass is 10.0. The van der Waals surface area contributed by atoms with Crippen LogP contribution in [0.3, 0.4) is 0 Å². The molecule has 3 rings (SSSR count). The molecule has 0 aliphatic rings. The summed E-state index contributed by atoms with van der Waals surface area (Å²) in [7, 11) is -2.57. The monoisotopic (exact) mass is 496 g/mol. The second-order valence-corrected chi connectivity index (χ2v) is 9.88. The van der Waals surface area contributed by atoms with Crippen molar-refractivity contribution in [3.05, 3.63) is 58.3 Å². The number of carbonyl (C=O) groups excluding carboxylic acids is 1. The predicted molar refractivity (Wildman–Crippen MR) is 124 cm³/mol. The fourth-order valence-corrected chi connectivity index (χ4v) is 4.34. The summed E-state index contributed by atoms with van der Waals surface area (Å²) in [6.07, 6.45) is 0. The molecule has 8 nitrogen and oxygen atoms in total. The average molecular weight is 497 g/mol. The highest BCUT2D eigenvalue weighted by Crippen LogP contribution is 2.25. The molecule has 0 unspecified atom stereocenters. The van der Waals surface area contributed by atoms with E-state index in [2.05, 4.69) is 20.0 Å². The Kier molecular flexibility index (Phi) is 7.55. The summed E-state index contributed by atoms with van der Waals surface area (Å²) in [6, 6.07) is 10.6. The first kappa shape index (κ1) is 24.2. The van der Waals surface area contributed by atoms with Crippen LogP contribution in [0.4, 0.5) is 5.82 Å². The normalized spacial score (nSPS) is 12.7. The number of esters is 1. The third kappa shape index (κ3) is 5.47. The summed E-state index contributed by atoms with van der Waals surface area (Å²) in [4.78, 5) is 21.1. The van der Waals surface area contributed by atoms with Gasteiger partial charge in [0, 0.05) is 5.39 Å². The number of rotatable bonds is 8. The van der Waals surface area contributed by atoms with E-state index in [0.717, 1.165) is 0 Å². The highest BCUT2D eigenvalue weighted by Gasteiger charge is 2.24. The van der Waals surface area contributed by atoms with Gasteiger partial charge in [-0.25, -0.2) is 27.9 Å². The van der Waals surface area contributed by atoms with Gasteiger partial charge in [-0.05, 0) is 36.2 Å². The predicted octanol–water partition coefficient (Wildman–Crippen LogP) is 4.02. The Morgan fingerprint density at radius 1 is 1.09 bits per heavy atom. The molecule has 1 heterocycles. The van der Waals surface area contributed by atoms with Crippen molar-refractivity contribution in [2.45, 2.75) is 31.3 Å². The molecule has 170 valence electrons. The van der Waals surface area contributed by atoms with Gasteiger partial charge >= 0.3 is 5.97 Å². The summed E-state index contributed by atoms with van der Waals surface area (Å²) in [5, 5.41) is 4.20. The second kappa shape index (κ2) is 9.99. The molecule has 2 N–H and O–H groups in total. The van der Waals surface area contributed by atoms with Gasteiger partial charge in [0.15, 0.2) is 0 Å². The van der Waals surface area contributed by atoms with Crippen molar-refractivity contribution in [2.24, 2.45) is 5.92 Å². The van der Waals surface area contributed by atoms with Gasteiger partial charge in [0.2, 0.25) is 10.0 Å². The van der Waals surface area contributed by atoms with Crippen LogP contribution in [0.2, 0.25) is 10.0 Å². The minimum Gasteiger partial charge on any atom is -0.467 e. The molecular weight excluding hydrogens is 475 g/mol. The maximum absolute atomic E-state index is 12.7. The zero-order valence-electron chi connectivity index (χ0n) is 17.6. The molecule has 0 radical (unpaired) electrons. The van der Waals surface area contributed by atoms with Crippen LogP contribution in [-0.4, -0.2) is 37.5 Å². The van der Waals surface area contributed by atoms with Gasteiger partial charge in [-0.15, -0.1) is 0 Å². The van der Waals surface area contributed by atoms with Crippen molar-refractivity contribution in [1.29, 1.82) is 0 Å². The molecule has 3 aromatic rings. The van der Waals surface area contributed by atoms with E-state index in [4.69, 9.17) is 27.9 Å². The van der Waals surface area contributed by atoms with Crippen molar-refractivity contribution in [3.63, 3.8) is 0 Å². The molecule has 11 heteroatoms. The molecule has 0 saturated carbocycles. The average Bonchev–Trinajstić information content (AvgIpc) is 2.77. The van der Waals surface area contributed by atoms with E-state index in [9.17, 15) is 13.2 Å². The number of hydrogen-bond donors (Lipinski definition) is 2. The highest BCUT2D eigenvalue weighted by atomic mass is 35.5. The molecule has 0 aliphatic heterocycles. The molecule has 0 saturated heterocycles. The van der Waals surface area contributed by atoms with Crippen LogP contribution >= 0.6 is 23.2 Å². The second-order valence-electron chi connectivity index (χ2n) is 7.30. The number of nitrogens with one attached hydrogen (secondary N) is 2. The van der Waals surface area contributed by atoms with Crippen LogP contribution in [0.5, 0.6) is 0 Å². The van der Waals surface area contributed by atoms with E-state index < -0.39 is 22.0 Å². The first-order valence-electron chi connectivity index (χ1n) is 9.67. The van der Waals surface area contributed by atoms with Gasteiger partial charge in [0.25, 0.3) is 0 Å². The first-order valence-corrected chi connectivity index (χ1v) is 11.9. The van der Waals surface area contributed by atoms with Crippen molar-refractivity contribution < 1.29 is 17.9 Å². The number of ether oxygens (including phenoxy) is 1. The van der Waals surface area contributed by atoms with Gasteiger partial charge < -0.3 is 10.1 Å². The third-order valence-electron chi connectivity index (χ3n) is 4.69. The zero-order valence-corrected chi connectivity index (χ0v) is 19.9. The van der Waals surface area contributed by atoms with Crippen LogP contribution in [0.25, 0.3) is 10.9 Å². The molecule has 0 fully saturated rings. The quantitative estimate of drug-likeness (QED) is 0.453. The van der Waals surface area contributed by atoms with Crippen molar-refractivity contribution in [1.82, 2.24) is 14.7 Å². The SMILES string of the molecule is COC(=O)[C@@H](Nc1nc(CNS(=O)(=O)c2ccc(Cl)c(Cl)c2)nc2ccccc12)C(C)C. The number of benzene rings is 2. The third-order valence-corrected chi connectivity index (χ3v) is 6.82. The van der Waals surface area contributed by atoms with Crippen LogP contribution in [0.1, 0.15) is 19.7 Å². The summed E-state index contributed by atoms with van der Waals surface area (Å²) < 4.78 is 32.7. The summed E-state index contributed by atoms with van der Waals surface area (Å²) in [5.41, 5.74) is 0.598. The van der Waals surface area contributed by atoms with E-state index in [1.165, 1.54) is 25.3 Å². The molecule has 2 aromatic carbocycles. The molecule has 1 atom stereocenters. The molecule has 0 aliphatic carbocycles. The molecule has 0 bridgehead atoms. The van der Waals surface area contributed by atoms with E-state index >= 15 is 0 Å². The number of aromatic nitrogens is 2. The van der Waals surface area contributed by atoms with Gasteiger partial charge in [-0.1, -0.05) is 49.2 Å².